The Morgan fingerprint density at radius 1 is 1.33 bits per heavy atom. The van der Waals surface area contributed by atoms with Gasteiger partial charge in [-0.05, 0) is 12.1 Å². The van der Waals surface area contributed by atoms with Crippen molar-refractivity contribution in [1.29, 1.82) is 0 Å². The average molecular weight is 228 g/mol. The van der Waals surface area contributed by atoms with Gasteiger partial charge in [0, 0.05) is 6.54 Å². The predicted octanol–water partition coefficient (Wildman–Crippen LogP) is 1.34. The van der Waals surface area contributed by atoms with Crippen molar-refractivity contribution in [2.45, 2.75) is 6.54 Å². The number of aromatic nitrogens is 2. The first-order valence-corrected chi connectivity index (χ1v) is 5.94. The smallest absolute Gasteiger partial charge is 0.304 e. The Balaban J connectivity index is 2.29. The van der Waals surface area contributed by atoms with Gasteiger partial charge in [-0.1, -0.05) is 12.1 Å². The molecule has 1 aromatic carbocycles. The summed E-state index contributed by atoms with van der Waals surface area (Å²) in [7, 11) is -4.42. The Kier molecular flexibility index (Phi) is 2.44. The lowest BCUT2D eigenvalue weighted by Gasteiger charge is -2.00. The fraction of sp³-hybridized carbons (Fsp3) is 0.222. The second kappa shape index (κ2) is 3.62. The second-order valence-corrected chi connectivity index (χ2v) is 4.66. The van der Waals surface area contributed by atoms with Gasteiger partial charge in [0.1, 0.15) is 0 Å². The van der Waals surface area contributed by atoms with Crippen LogP contribution in [0.2, 0.25) is 0 Å². The minimum absolute atomic E-state index is 0.0827. The average Bonchev–Trinajstić information content (AvgIpc) is 2.57. The number of nitrogens with zero attached hydrogens (tertiary/aromatic N) is 2. The SMILES string of the molecule is O=S(=O)(F)CCn1cnc2ccccc21. The number of fused-ring (bicyclic) bond motifs is 1. The van der Waals surface area contributed by atoms with Crippen molar-refractivity contribution in [3.8, 4) is 0 Å². The molecule has 0 saturated heterocycles. The van der Waals surface area contributed by atoms with Crippen molar-refractivity contribution in [3.05, 3.63) is 30.6 Å². The molecule has 0 spiro atoms. The maximum absolute atomic E-state index is 12.3. The summed E-state index contributed by atoms with van der Waals surface area (Å²) in [5.41, 5.74) is 1.58. The van der Waals surface area contributed by atoms with E-state index in [1.54, 1.807) is 4.57 Å². The molecule has 0 fully saturated rings. The third-order valence-electron chi connectivity index (χ3n) is 2.10. The number of imidazole rings is 1. The van der Waals surface area contributed by atoms with Crippen molar-refractivity contribution in [2.24, 2.45) is 0 Å². The van der Waals surface area contributed by atoms with Gasteiger partial charge in [0.2, 0.25) is 0 Å². The van der Waals surface area contributed by atoms with E-state index in [-0.39, 0.29) is 6.54 Å². The molecule has 1 aromatic heterocycles. The fourth-order valence-corrected chi connectivity index (χ4v) is 1.81. The topological polar surface area (TPSA) is 52.0 Å². The van der Waals surface area contributed by atoms with Crippen LogP contribution in [0.25, 0.3) is 11.0 Å². The van der Waals surface area contributed by atoms with Crippen molar-refractivity contribution < 1.29 is 12.3 Å². The first-order chi connectivity index (χ1) is 7.06. The van der Waals surface area contributed by atoms with Gasteiger partial charge in [-0.15, -0.1) is 3.89 Å². The lowest BCUT2D eigenvalue weighted by molar-refractivity contribution is 0.546. The van der Waals surface area contributed by atoms with E-state index in [2.05, 4.69) is 4.98 Å². The molecule has 0 atom stereocenters. The van der Waals surface area contributed by atoms with Crippen LogP contribution in [-0.2, 0) is 16.8 Å². The van der Waals surface area contributed by atoms with E-state index in [1.807, 2.05) is 24.3 Å². The number of halogens is 1. The molecule has 0 bridgehead atoms. The summed E-state index contributed by atoms with van der Waals surface area (Å²) in [4.78, 5) is 4.07. The maximum atomic E-state index is 12.3. The van der Waals surface area contributed by atoms with E-state index in [0.29, 0.717) is 0 Å². The van der Waals surface area contributed by atoms with Crippen LogP contribution < -0.4 is 0 Å². The van der Waals surface area contributed by atoms with Gasteiger partial charge in [-0.25, -0.2) is 4.98 Å². The van der Waals surface area contributed by atoms with E-state index >= 15 is 0 Å². The lowest BCUT2D eigenvalue weighted by Crippen LogP contribution is -2.07. The molecule has 0 amide bonds. The van der Waals surface area contributed by atoms with Gasteiger partial charge in [-0.3, -0.25) is 0 Å². The highest BCUT2D eigenvalue weighted by Gasteiger charge is 2.08. The second-order valence-electron chi connectivity index (χ2n) is 3.17. The van der Waals surface area contributed by atoms with Crippen LogP contribution >= 0.6 is 0 Å². The molecule has 0 aliphatic carbocycles. The molecule has 0 N–H and O–H groups in total. The zero-order valence-corrected chi connectivity index (χ0v) is 8.61. The molecule has 2 aromatic rings. The highest BCUT2D eigenvalue weighted by atomic mass is 32.3. The quantitative estimate of drug-likeness (QED) is 0.745. The third-order valence-corrected chi connectivity index (χ3v) is 2.77. The largest absolute Gasteiger partial charge is 0.329 e. The van der Waals surface area contributed by atoms with Gasteiger partial charge in [-0.2, -0.15) is 8.42 Å². The van der Waals surface area contributed by atoms with Gasteiger partial charge < -0.3 is 4.57 Å². The molecular formula is C9H9FN2O2S. The van der Waals surface area contributed by atoms with Crippen molar-refractivity contribution in [1.82, 2.24) is 9.55 Å². The molecule has 0 radical (unpaired) electrons. The third kappa shape index (κ3) is 2.33. The van der Waals surface area contributed by atoms with Crippen molar-refractivity contribution in [3.63, 3.8) is 0 Å². The van der Waals surface area contributed by atoms with E-state index in [4.69, 9.17) is 0 Å². The summed E-state index contributed by atoms with van der Waals surface area (Å²) in [5, 5.41) is 0. The van der Waals surface area contributed by atoms with Crippen LogP contribution in [0.5, 0.6) is 0 Å². The zero-order valence-electron chi connectivity index (χ0n) is 7.80. The molecule has 0 aliphatic rings. The van der Waals surface area contributed by atoms with E-state index in [1.165, 1.54) is 6.33 Å². The van der Waals surface area contributed by atoms with E-state index in [9.17, 15) is 12.3 Å². The molecule has 0 unspecified atom stereocenters. The van der Waals surface area contributed by atoms with Crippen LogP contribution in [0, 0.1) is 0 Å². The normalized spacial score (nSPS) is 12.1. The number of hydrogen-bond acceptors (Lipinski definition) is 3. The van der Waals surface area contributed by atoms with Crippen LogP contribution in [-0.4, -0.2) is 23.7 Å². The summed E-state index contributed by atoms with van der Waals surface area (Å²) in [6.45, 7) is 0.0827. The lowest BCUT2D eigenvalue weighted by atomic mass is 10.3. The minimum atomic E-state index is -4.42. The number of para-hydroxylation sites is 2. The van der Waals surface area contributed by atoms with Gasteiger partial charge in [0.05, 0.1) is 23.1 Å². The van der Waals surface area contributed by atoms with Crippen molar-refractivity contribution in [2.75, 3.05) is 5.75 Å². The molecule has 2 rings (SSSR count). The molecule has 1 heterocycles. The van der Waals surface area contributed by atoms with Crippen LogP contribution in [0.4, 0.5) is 3.89 Å². The standard InChI is InChI=1S/C9H9FN2O2S/c10-15(13,14)6-5-12-7-11-8-3-1-2-4-9(8)12/h1-4,7H,5-6H2. The molecule has 15 heavy (non-hydrogen) atoms. The molecule has 4 nitrogen and oxygen atoms in total. The van der Waals surface area contributed by atoms with Gasteiger partial charge in [0.25, 0.3) is 0 Å². The van der Waals surface area contributed by atoms with Crippen LogP contribution in [0.15, 0.2) is 30.6 Å². The monoisotopic (exact) mass is 228 g/mol. The Hall–Kier alpha value is -1.43. The summed E-state index contributed by atoms with van der Waals surface area (Å²) < 4.78 is 34.7. The van der Waals surface area contributed by atoms with E-state index < -0.39 is 16.0 Å². The highest BCUT2D eigenvalue weighted by Crippen LogP contribution is 2.11. The fourth-order valence-electron chi connectivity index (χ4n) is 1.40. The van der Waals surface area contributed by atoms with Gasteiger partial charge >= 0.3 is 10.2 Å². The predicted molar refractivity (Wildman–Crippen MR) is 54.6 cm³/mol. The van der Waals surface area contributed by atoms with Crippen LogP contribution in [0.1, 0.15) is 0 Å². The Bertz CT molecular complexity index is 577. The molecular weight excluding hydrogens is 219 g/mol. The number of benzene rings is 1. The molecule has 0 saturated carbocycles. The Labute approximate surface area is 86.6 Å². The van der Waals surface area contributed by atoms with Crippen molar-refractivity contribution >= 4 is 21.3 Å². The summed E-state index contributed by atoms with van der Waals surface area (Å²) in [5.74, 6) is -0.520. The first kappa shape index (κ1) is 10.1. The number of aryl methyl sites for hydroxylation is 1. The molecule has 6 heteroatoms. The van der Waals surface area contributed by atoms with E-state index in [0.717, 1.165) is 11.0 Å². The summed E-state index contributed by atoms with van der Waals surface area (Å²) >= 11 is 0. The Morgan fingerprint density at radius 3 is 2.80 bits per heavy atom. The van der Waals surface area contributed by atoms with Crippen LogP contribution in [0.3, 0.4) is 0 Å². The van der Waals surface area contributed by atoms with Gasteiger partial charge in [0.15, 0.2) is 0 Å². The minimum Gasteiger partial charge on any atom is -0.329 e. The molecule has 0 aliphatic heterocycles. The number of rotatable bonds is 3. The maximum Gasteiger partial charge on any atom is 0.304 e. The number of hydrogen-bond donors (Lipinski definition) is 0. The molecule has 80 valence electrons. The Morgan fingerprint density at radius 2 is 2.07 bits per heavy atom. The summed E-state index contributed by atoms with van der Waals surface area (Å²) in [6, 6.07) is 7.29. The first-order valence-electron chi connectivity index (χ1n) is 4.38. The summed E-state index contributed by atoms with van der Waals surface area (Å²) in [6.07, 6.45) is 1.51. The highest BCUT2D eigenvalue weighted by molar-refractivity contribution is 7.86. The zero-order chi connectivity index (χ0) is 10.9.